The Kier molecular flexibility index (Phi) is 5.60. The molecule has 1 fully saturated rings. The molecule has 0 radical (unpaired) electrons. The van der Waals surface area contributed by atoms with E-state index in [2.05, 4.69) is 32.0 Å². The molecule has 0 atom stereocenters. The van der Waals surface area contributed by atoms with Gasteiger partial charge in [-0.2, -0.15) is 0 Å². The van der Waals surface area contributed by atoms with Gasteiger partial charge in [0.15, 0.2) is 0 Å². The van der Waals surface area contributed by atoms with Crippen molar-refractivity contribution in [3.8, 4) is 0 Å². The fraction of sp³-hybridized carbons (Fsp3) is 0.588. The molecule has 3 nitrogen and oxygen atoms in total. The lowest BCUT2D eigenvalue weighted by Gasteiger charge is -2.20. The van der Waals surface area contributed by atoms with Crippen LogP contribution >= 0.6 is 0 Å². The van der Waals surface area contributed by atoms with E-state index in [1.165, 1.54) is 29.5 Å². The molecule has 20 heavy (non-hydrogen) atoms. The summed E-state index contributed by atoms with van der Waals surface area (Å²) in [5.41, 5.74) is 3.65. The number of ether oxygens (including phenoxy) is 1. The van der Waals surface area contributed by atoms with Crippen LogP contribution in [0.1, 0.15) is 42.4 Å². The number of carbonyl (C=O) groups excluding carboxylic acids is 1. The second-order valence-electron chi connectivity index (χ2n) is 5.72. The first kappa shape index (κ1) is 15.0. The van der Waals surface area contributed by atoms with Gasteiger partial charge in [-0.15, -0.1) is 0 Å². The zero-order valence-corrected chi connectivity index (χ0v) is 12.7. The van der Waals surface area contributed by atoms with Gasteiger partial charge in [0.25, 0.3) is 0 Å². The summed E-state index contributed by atoms with van der Waals surface area (Å²) in [4.78, 5) is 14.0. The van der Waals surface area contributed by atoms with Crippen molar-refractivity contribution in [1.29, 1.82) is 0 Å². The topological polar surface area (TPSA) is 29.5 Å². The molecular weight excluding hydrogens is 250 g/mol. The van der Waals surface area contributed by atoms with Crippen LogP contribution in [0, 0.1) is 13.8 Å². The highest BCUT2D eigenvalue weighted by molar-refractivity contribution is 5.77. The van der Waals surface area contributed by atoms with E-state index >= 15 is 0 Å². The molecule has 0 spiro atoms. The Morgan fingerprint density at radius 3 is 2.50 bits per heavy atom. The second kappa shape index (κ2) is 7.44. The molecule has 0 unspecified atom stereocenters. The van der Waals surface area contributed by atoms with E-state index < -0.39 is 0 Å². The Morgan fingerprint density at radius 2 is 1.85 bits per heavy atom. The molecular formula is C17H25NO2. The number of hydrogen-bond donors (Lipinski definition) is 0. The van der Waals surface area contributed by atoms with Crippen LogP contribution in [0.4, 0.5) is 0 Å². The Hall–Kier alpha value is -1.35. The van der Waals surface area contributed by atoms with Crippen LogP contribution < -0.4 is 0 Å². The van der Waals surface area contributed by atoms with Crippen molar-refractivity contribution < 1.29 is 9.53 Å². The van der Waals surface area contributed by atoms with Crippen molar-refractivity contribution in [3.63, 3.8) is 0 Å². The van der Waals surface area contributed by atoms with Gasteiger partial charge in [-0.25, -0.2) is 0 Å². The van der Waals surface area contributed by atoms with E-state index in [1.54, 1.807) is 0 Å². The van der Waals surface area contributed by atoms with E-state index in [4.69, 9.17) is 4.74 Å². The quantitative estimate of drug-likeness (QED) is 0.844. The van der Waals surface area contributed by atoms with Crippen molar-refractivity contribution in [3.05, 3.63) is 34.9 Å². The number of aryl methyl sites for hydroxylation is 2. The largest absolute Gasteiger partial charge is 0.367 e. The zero-order valence-electron chi connectivity index (χ0n) is 12.7. The van der Waals surface area contributed by atoms with Gasteiger partial charge in [-0.05, 0) is 37.8 Å². The zero-order chi connectivity index (χ0) is 14.4. The van der Waals surface area contributed by atoms with Crippen molar-refractivity contribution >= 4 is 5.91 Å². The van der Waals surface area contributed by atoms with Crippen LogP contribution in [0.2, 0.25) is 0 Å². The van der Waals surface area contributed by atoms with Gasteiger partial charge >= 0.3 is 0 Å². The summed E-state index contributed by atoms with van der Waals surface area (Å²) >= 11 is 0. The first-order valence-electron chi connectivity index (χ1n) is 7.58. The summed E-state index contributed by atoms with van der Waals surface area (Å²) < 4.78 is 5.61. The van der Waals surface area contributed by atoms with E-state index in [0.29, 0.717) is 6.61 Å². The number of benzene rings is 1. The number of amides is 1. The normalized spacial score (nSPS) is 16.0. The third-order valence-corrected chi connectivity index (χ3v) is 3.94. The van der Waals surface area contributed by atoms with Crippen LogP contribution in [-0.2, 0) is 16.1 Å². The van der Waals surface area contributed by atoms with Gasteiger partial charge in [0.05, 0.1) is 6.61 Å². The molecule has 0 saturated carbocycles. The molecule has 2 rings (SSSR count). The maximum atomic E-state index is 12.1. The van der Waals surface area contributed by atoms with E-state index in [0.717, 1.165) is 25.9 Å². The standard InChI is InChI=1S/C17H25NO2/c1-14-7-8-16(15(2)11-14)12-20-13-17(19)18-9-5-3-4-6-10-18/h7-8,11H,3-6,9-10,12-13H2,1-2H3. The van der Waals surface area contributed by atoms with Crippen LogP contribution in [0.25, 0.3) is 0 Å². The van der Waals surface area contributed by atoms with Crippen LogP contribution in [0.5, 0.6) is 0 Å². The van der Waals surface area contributed by atoms with Crippen LogP contribution in [-0.4, -0.2) is 30.5 Å². The third kappa shape index (κ3) is 4.34. The molecule has 1 heterocycles. The molecule has 1 aromatic carbocycles. The Balaban J connectivity index is 1.78. The first-order valence-corrected chi connectivity index (χ1v) is 7.58. The van der Waals surface area contributed by atoms with Gasteiger partial charge in [-0.3, -0.25) is 4.79 Å². The summed E-state index contributed by atoms with van der Waals surface area (Å²) in [6, 6.07) is 6.32. The highest BCUT2D eigenvalue weighted by Crippen LogP contribution is 2.13. The van der Waals surface area contributed by atoms with Gasteiger partial charge in [0.1, 0.15) is 6.61 Å². The molecule has 110 valence electrons. The number of carbonyl (C=O) groups is 1. The molecule has 0 N–H and O–H groups in total. The molecule has 0 aromatic heterocycles. The summed E-state index contributed by atoms with van der Waals surface area (Å²) in [5, 5.41) is 0. The third-order valence-electron chi connectivity index (χ3n) is 3.94. The highest BCUT2D eigenvalue weighted by atomic mass is 16.5. The van der Waals surface area contributed by atoms with Gasteiger partial charge < -0.3 is 9.64 Å². The van der Waals surface area contributed by atoms with Crippen LogP contribution in [0.3, 0.4) is 0 Å². The summed E-state index contributed by atoms with van der Waals surface area (Å²) in [7, 11) is 0. The Bertz CT molecular complexity index is 448. The average molecular weight is 275 g/mol. The van der Waals surface area contributed by atoms with Crippen molar-refractivity contribution in [1.82, 2.24) is 4.90 Å². The van der Waals surface area contributed by atoms with Gasteiger partial charge in [0.2, 0.25) is 5.91 Å². The Labute approximate surface area is 121 Å². The molecule has 1 aromatic rings. The molecule has 0 aliphatic carbocycles. The number of hydrogen-bond acceptors (Lipinski definition) is 2. The smallest absolute Gasteiger partial charge is 0.248 e. The molecule has 1 aliphatic rings. The highest BCUT2D eigenvalue weighted by Gasteiger charge is 2.15. The number of nitrogens with zero attached hydrogens (tertiary/aromatic N) is 1. The first-order chi connectivity index (χ1) is 9.66. The number of rotatable bonds is 4. The van der Waals surface area contributed by atoms with Crippen LogP contribution in [0.15, 0.2) is 18.2 Å². The summed E-state index contributed by atoms with van der Waals surface area (Å²) in [6.07, 6.45) is 4.74. The minimum Gasteiger partial charge on any atom is -0.367 e. The Morgan fingerprint density at radius 1 is 1.15 bits per heavy atom. The minimum absolute atomic E-state index is 0.136. The average Bonchev–Trinajstić information content (AvgIpc) is 2.70. The second-order valence-corrected chi connectivity index (χ2v) is 5.72. The number of likely N-dealkylation sites (tertiary alicyclic amines) is 1. The maximum absolute atomic E-state index is 12.1. The van der Waals surface area contributed by atoms with Crippen molar-refractivity contribution in [2.45, 2.75) is 46.1 Å². The molecule has 1 aliphatic heterocycles. The van der Waals surface area contributed by atoms with Crippen molar-refractivity contribution in [2.24, 2.45) is 0 Å². The van der Waals surface area contributed by atoms with E-state index in [-0.39, 0.29) is 12.5 Å². The molecule has 0 bridgehead atoms. The SMILES string of the molecule is Cc1ccc(COCC(=O)N2CCCCCC2)c(C)c1. The lowest BCUT2D eigenvalue weighted by molar-refractivity contribution is -0.136. The monoisotopic (exact) mass is 275 g/mol. The lowest BCUT2D eigenvalue weighted by Crippen LogP contribution is -2.34. The van der Waals surface area contributed by atoms with E-state index in [9.17, 15) is 4.79 Å². The molecule has 1 saturated heterocycles. The predicted octanol–water partition coefficient (Wildman–Crippen LogP) is 3.22. The van der Waals surface area contributed by atoms with E-state index in [1.807, 2.05) is 4.90 Å². The minimum atomic E-state index is 0.136. The predicted molar refractivity (Wildman–Crippen MR) is 80.6 cm³/mol. The van der Waals surface area contributed by atoms with Gasteiger partial charge in [-0.1, -0.05) is 36.6 Å². The van der Waals surface area contributed by atoms with Gasteiger partial charge in [0, 0.05) is 13.1 Å². The maximum Gasteiger partial charge on any atom is 0.248 e. The summed E-state index contributed by atoms with van der Waals surface area (Å²) in [5.74, 6) is 0.136. The van der Waals surface area contributed by atoms with Crippen molar-refractivity contribution in [2.75, 3.05) is 19.7 Å². The molecule has 3 heteroatoms. The fourth-order valence-corrected chi connectivity index (χ4v) is 2.67. The summed E-state index contributed by atoms with van der Waals surface area (Å²) in [6.45, 7) is 6.68. The fourth-order valence-electron chi connectivity index (χ4n) is 2.67. The molecule has 1 amide bonds. The lowest BCUT2D eigenvalue weighted by atomic mass is 10.1.